The number of methoxy groups -OCH3 is 2. The molecule has 1 aromatic carbocycles. The third-order valence-electron chi connectivity index (χ3n) is 6.21. The Kier molecular flexibility index (Phi) is 10.6. The van der Waals surface area contributed by atoms with Crippen molar-refractivity contribution in [3.05, 3.63) is 23.8 Å². The van der Waals surface area contributed by atoms with Gasteiger partial charge in [-0.25, -0.2) is 0 Å². The molecule has 1 aliphatic heterocycles. The monoisotopic (exact) mass is 498 g/mol. The molecule has 0 saturated carbocycles. The van der Waals surface area contributed by atoms with E-state index in [-0.39, 0.29) is 22.8 Å². The Morgan fingerprint density at radius 3 is 2.45 bits per heavy atom. The highest BCUT2D eigenvalue weighted by molar-refractivity contribution is 9.09. The number of carbonyl (C=O) groups is 1. The summed E-state index contributed by atoms with van der Waals surface area (Å²) in [5, 5.41) is 0. The first kappa shape index (κ1) is 26.0. The van der Waals surface area contributed by atoms with Crippen LogP contribution in [0.3, 0.4) is 0 Å². The summed E-state index contributed by atoms with van der Waals surface area (Å²) in [5.74, 6) is 2.77. The first-order chi connectivity index (χ1) is 14.8. The molecule has 1 fully saturated rings. The van der Waals surface area contributed by atoms with Gasteiger partial charge in [0.25, 0.3) is 0 Å². The first-order valence-electron chi connectivity index (χ1n) is 11.4. The molecule has 0 radical (unpaired) electrons. The number of hydrogen-bond acceptors (Lipinski definition) is 5. The van der Waals surface area contributed by atoms with Crippen LogP contribution in [0.25, 0.3) is 0 Å². The number of alkyl halides is 1. The van der Waals surface area contributed by atoms with E-state index in [1.54, 1.807) is 14.2 Å². The lowest BCUT2D eigenvalue weighted by atomic mass is 9.83. The van der Waals surface area contributed by atoms with Crippen molar-refractivity contribution in [3.8, 4) is 11.5 Å². The van der Waals surface area contributed by atoms with E-state index in [1.807, 2.05) is 6.07 Å². The second-order valence-electron chi connectivity index (χ2n) is 9.20. The van der Waals surface area contributed by atoms with Gasteiger partial charge in [-0.05, 0) is 54.7 Å². The lowest BCUT2D eigenvalue weighted by Gasteiger charge is -2.26. The van der Waals surface area contributed by atoms with Crippen LogP contribution in [-0.4, -0.2) is 44.3 Å². The predicted octanol–water partition coefficient (Wildman–Crippen LogP) is 5.67. The van der Waals surface area contributed by atoms with Crippen LogP contribution in [0.5, 0.6) is 11.5 Å². The van der Waals surface area contributed by atoms with Crippen LogP contribution in [-0.2, 0) is 20.7 Å². The van der Waals surface area contributed by atoms with Crippen molar-refractivity contribution < 1.29 is 23.7 Å². The number of esters is 1. The van der Waals surface area contributed by atoms with Crippen molar-refractivity contribution in [3.63, 3.8) is 0 Å². The Balaban J connectivity index is 2.03. The summed E-state index contributed by atoms with van der Waals surface area (Å²) >= 11 is 3.84. The fraction of sp³-hybridized carbons (Fsp3) is 0.720. The molecule has 0 amide bonds. The molecule has 0 bridgehead atoms. The van der Waals surface area contributed by atoms with Crippen LogP contribution < -0.4 is 9.47 Å². The summed E-state index contributed by atoms with van der Waals surface area (Å²) in [6.07, 6.45) is 3.49. The highest BCUT2D eigenvalue weighted by Crippen LogP contribution is 2.36. The maximum Gasteiger partial charge on any atom is 0.309 e. The maximum atomic E-state index is 12.2. The van der Waals surface area contributed by atoms with E-state index >= 15 is 0 Å². The van der Waals surface area contributed by atoms with Gasteiger partial charge in [0.2, 0.25) is 0 Å². The van der Waals surface area contributed by atoms with Gasteiger partial charge in [-0.15, -0.1) is 0 Å². The Hall–Kier alpha value is -1.27. The Labute approximate surface area is 196 Å². The quantitative estimate of drug-likeness (QED) is 0.199. The highest BCUT2D eigenvalue weighted by Gasteiger charge is 2.40. The van der Waals surface area contributed by atoms with Crippen molar-refractivity contribution in [1.29, 1.82) is 0 Å². The number of carbonyl (C=O) groups excluding carboxylic acids is 1. The average molecular weight is 499 g/mol. The molecule has 0 spiro atoms. The van der Waals surface area contributed by atoms with E-state index in [4.69, 9.17) is 18.9 Å². The fourth-order valence-corrected chi connectivity index (χ4v) is 4.88. The van der Waals surface area contributed by atoms with E-state index in [0.29, 0.717) is 31.0 Å². The zero-order valence-corrected chi connectivity index (χ0v) is 21.4. The summed E-state index contributed by atoms with van der Waals surface area (Å²) in [4.78, 5) is 12.4. The van der Waals surface area contributed by atoms with Gasteiger partial charge in [0.1, 0.15) is 6.10 Å². The van der Waals surface area contributed by atoms with E-state index in [0.717, 1.165) is 37.2 Å². The fourth-order valence-electron chi connectivity index (χ4n) is 4.08. The third-order valence-corrected chi connectivity index (χ3v) is 7.18. The number of cyclic esters (lactones) is 1. The Bertz CT molecular complexity index is 690. The van der Waals surface area contributed by atoms with E-state index < -0.39 is 0 Å². The average Bonchev–Trinajstić information content (AvgIpc) is 3.13. The van der Waals surface area contributed by atoms with Gasteiger partial charge >= 0.3 is 5.97 Å². The summed E-state index contributed by atoms with van der Waals surface area (Å²) < 4.78 is 22.2. The number of halogens is 1. The normalized spacial score (nSPS) is 20.7. The van der Waals surface area contributed by atoms with Crippen molar-refractivity contribution in [2.75, 3.05) is 27.4 Å². The smallest absolute Gasteiger partial charge is 0.309 e. The lowest BCUT2D eigenvalue weighted by molar-refractivity contribution is -0.145. The molecule has 2 rings (SSSR count). The van der Waals surface area contributed by atoms with Crippen molar-refractivity contribution in [1.82, 2.24) is 0 Å². The Morgan fingerprint density at radius 1 is 1.13 bits per heavy atom. The third kappa shape index (κ3) is 7.67. The molecule has 0 unspecified atom stereocenters. The summed E-state index contributed by atoms with van der Waals surface area (Å²) in [6, 6.07) is 6.19. The van der Waals surface area contributed by atoms with Crippen molar-refractivity contribution in [2.24, 2.45) is 23.7 Å². The van der Waals surface area contributed by atoms with Crippen molar-refractivity contribution in [2.45, 2.75) is 64.3 Å². The topological polar surface area (TPSA) is 54.0 Å². The van der Waals surface area contributed by atoms with Crippen molar-refractivity contribution >= 4 is 21.9 Å². The SMILES string of the molecule is COCCCOc1cc(C[C@@H](C[C@@H](Br)[C@@H]2C[C@@H](C(C)C)C(=O)O2)C(C)C)ccc1OC. The minimum atomic E-state index is -0.0454. The van der Waals surface area contributed by atoms with Gasteiger partial charge < -0.3 is 18.9 Å². The van der Waals surface area contributed by atoms with Crippen LogP contribution in [0, 0.1) is 23.7 Å². The molecular weight excluding hydrogens is 460 g/mol. The number of benzene rings is 1. The number of ether oxygens (including phenoxy) is 4. The number of rotatable bonds is 13. The maximum absolute atomic E-state index is 12.2. The second-order valence-corrected chi connectivity index (χ2v) is 10.4. The standard InChI is InChI=1S/C25H39BrO5/c1-16(2)19(14-21(26)23-15-20(17(3)4)25(27)31-23)12-18-8-9-22(29-6)24(13-18)30-11-7-10-28-5/h8-9,13,16-17,19-21,23H,7,10-12,14-15H2,1-6H3/t19-,20-,21+,23-/m0/s1. The van der Waals surface area contributed by atoms with Gasteiger partial charge in [0.05, 0.1) is 24.5 Å². The van der Waals surface area contributed by atoms with E-state index in [1.165, 1.54) is 5.56 Å². The van der Waals surface area contributed by atoms with Gasteiger partial charge in [-0.1, -0.05) is 49.7 Å². The molecule has 6 heteroatoms. The molecule has 1 saturated heterocycles. The van der Waals surface area contributed by atoms with Gasteiger partial charge in [-0.3, -0.25) is 4.79 Å². The zero-order chi connectivity index (χ0) is 23.0. The molecule has 0 N–H and O–H groups in total. The van der Waals surface area contributed by atoms with E-state index in [9.17, 15) is 4.79 Å². The summed E-state index contributed by atoms with van der Waals surface area (Å²) in [7, 11) is 3.36. The number of hydrogen-bond donors (Lipinski definition) is 0. The molecule has 0 aromatic heterocycles. The van der Waals surface area contributed by atoms with Gasteiger partial charge in [-0.2, -0.15) is 0 Å². The molecule has 0 aliphatic carbocycles. The largest absolute Gasteiger partial charge is 0.493 e. The summed E-state index contributed by atoms with van der Waals surface area (Å²) in [5.41, 5.74) is 1.23. The minimum Gasteiger partial charge on any atom is -0.493 e. The minimum absolute atomic E-state index is 0.0157. The highest BCUT2D eigenvalue weighted by atomic mass is 79.9. The molecule has 176 valence electrons. The molecule has 1 aromatic rings. The van der Waals surface area contributed by atoms with E-state index in [2.05, 4.69) is 55.8 Å². The Morgan fingerprint density at radius 2 is 1.87 bits per heavy atom. The molecule has 1 aliphatic rings. The van der Waals surface area contributed by atoms with Gasteiger partial charge in [0, 0.05) is 20.1 Å². The van der Waals surface area contributed by atoms with Crippen LogP contribution in [0.1, 0.15) is 52.5 Å². The summed E-state index contributed by atoms with van der Waals surface area (Å²) in [6.45, 7) is 9.96. The molecular formula is C25H39BrO5. The molecule has 1 heterocycles. The van der Waals surface area contributed by atoms with Crippen LogP contribution >= 0.6 is 15.9 Å². The van der Waals surface area contributed by atoms with Crippen LogP contribution in [0.4, 0.5) is 0 Å². The second kappa shape index (κ2) is 12.7. The molecule has 5 nitrogen and oxygen atoms in total. The van der Waals surface area contributed by atoms with Crippen LogP contribution in [0.15, 0.2) is 18.2 Å². The zero-order valence-electron chi connectivity index (χ0n) is 19.9. The predicted molar refractivity (Wildman–Crippen MR) is 127 cm³/mol. The van der Waals surface area contributed by atoms with Gasteiger partial charge in [0.15, 0.2) is 11.5 Å². The first-order valence-corrected chi connectivity index (χ1v) is 12.3. The molecule has 31 heavy (non-hydrogen) atoms. The molecule has 4 atom stereocenters. The van der Waals surface area contributed by atoms with Crippen LogP contribution in [0.2, 0.25) is 0 Å². The lowest BCUT2D eigenvalue weighted by Crippen LogP contribution is -2.26.